The Morgan fingerprint density at radius 3 is 2.32 bits per heavy atom. The third-order valence-corrected chi connectivity index (χ3v) is 3.90. The van der Waals surface area contributed by atoms with E-state index < -0.39 is 0 Å². The highest BCUT2D eigenvalue weighted by atomic mass is 16.3. The van der Waals surface area contributed by atoms with Gasteiger partial charge in [-0.3, -0.25) is 0 Å². The van der Waals surface area contributed by atoms with Crippen LogP contribution in [0.1, 0.15) is 45.2 Å². The number of phenolic OH excluding ortho intramolecular Hbond substituents is 1. The maximum atomic E-state index is 9.32. The summed E-state index contributed by atoms with van der Waals surface area (Å²) in [5.74, 6) is 0.329. The number of nitrogens with zero attached hydrogens (tertiary/aromatic N) is 1. The van der Waals surface area contributed by atoms with E-state index in [2.05, 4.69) is 38.0 Å². The maximum Gasteiger partial charge on any atom is 0.115 e. The van der Waals surface area contributed by atoms with Crippen molar-refractivity contribution in [2.24, 2.45) is 0 Å². The first-order valence-corrected chi connectivity index (χ1v) is 7.31. The molecule has 0 aromatic heterocycles. The van der Waals surface area contributed by atoms with Crippen LogP contribution in [-0.2, 0) is 0 Å². The Morgan fingerprint density at radius 1 is 1.16 bits per heavy atom. The van der Waals surface area contributed by atoms with Crippen molar-refractivity contribution in [2.75, 3.05) is 20.1 Å². The lowest BCUT2D eigenvalue weighted by atomic mass is 10.0. The molecule has 0 saturated carbocycles. The monoisotopic (exact) mass is 264 g/mol. The van der Waals surface area contributed by atoms with E-state index in [1.165, 1.54) is 12.0 Å². The molecule has 0 saturated heterocycles. The minimum atomic E-state index is 0.329. The lowest BCUT2D eigenvalue weighted by Gasteiger charge is -2.25. The van der Waals surface area contributed by atoms with Gasteiger partial charge in [0.05, 0.1) is 0 Å². The van der Waals surface area contributed by atoms with E-state index in [0.717, 1.165) is 19.5 Å². The van der Waals surface area contributed by atoms with Crippen LogP contribution in [0.5, 0.6) is 5.75 Å². The number of nitrogens with one attached hydrogen (secondary N) is 1. The molecule has 0 radical (unpaired) electrons. The Kier molecular flexibility index (Phi) is 6.89. The third kappa shape index (κ3) is 5.21. The highest BCUT2D eigenvalue weighted by Crippen LogP contribution is 2.19. The number of likely N-dealkylation sites (N-methyl/N-ethyl adjacent to an activating group) is 1. The minimum absolute atomic E-state index is 0.329. The summed E-state index contributed by atoms with van der Waals surface area (Å²) in [4.78, 5) is 2.39. The van der Waals surface area contributed by atoms with Gasteiger partial charge in [-0.15, -0.1) is 0 Å². The molecule has 1 rings (SSSR count). The first-order chi connectivity index (χ1) is 9.08. The molecule has 0 spiro atoms. The zero-order valence-corrected chi connectivity index (χ0v) is 12.7. The molecule has 2 unspecified atom stereocenters. The van der Waals surface area contributed by atoms with E-state index >= 15 is 0 Å². The summed E-state index contributed by atoms with van der Waals surface area (Å²) >= 11 is 0. The van der Waals surface area contributed by atoms with Crippen LogP contribution in [0.3, 0.4) is 0 Å². The van der Waals surface area contributed by atoms with E-state index in [9.17, 15) is 5.11 Å². The Bertz CT molecular complexity index is 350. The van der Waals surface area contributed by atoms with Crippen molar-refractivity contribution in [1.82, 2.24) is 10.2 Å². The molecule has 0 amide bonds. The first-order valence-electron chi connectivity index (χ1n) is 7.31. The van der Waals surface area contributed by atoms with Crippen LogP contribution >= 0.6 is 0 Å². The number of aromatic hydroxyl groups is 1. The van der Waals surface area contributed by atoms with E-state index in [0.29, 0.717) is 17.8 Å². The molecule has 0 aliphatic heterocycles. The first kappa shape index (κ1) is 16.0. The Hall–Kier alpha value is -1.06. The summed E-state index contributed by atoms with van der Waals surface area (Å²) < 4.78 is 0. The van der Waals surface area contributed by atoms with Gasteiger partial charge in [0.2, 0.25) is 0 Å². The summed E-state index contributed by atoms with van der Waals surface area (Å²) in [5, 5.41) is 12.9. The summed E-state index contributed by atoms with van der Waals surface area (Å²) in [6, 6.07) is 8.50. The molecule has 3 nitrogen and oxygen atoms in total. The fraction of sp³-hybridized carbons (Fsp3) is 0.625. The van der Waals surface area contributed by atoms with Crippen molar-refractivity contribution in [3.8, 4) is 5.75 Å². The predicted molar refractivity (Wildman–Crippen MR) is 81.5 cm³/mol. The van der Waals surface area contributed by atoms with Gasteiger partial charge in [0.15, 0.2) is 0 Å². The zero-order valence-electron chi connectivity index (χ0n) is 12.7. The molecule has 2 N–H and O–H groups in total. The summed E-state index contributed by atoms with van der Waals surface area (Å²) in [6.45, 7) is 8.71. The smallest absolute Gasteiger partial charge is 0.115 e. The van der Waals surface area contributed by atoms with Gasteiger partial charge in [-0.2, -0.15) is 0 Å². The fourth-order valence-corrected chi connectivity index (χ4v) is 2.15. The maximum absolute atomic E-state index is 9.32. The van der Waals surface area contributed by atoms with Crippen LogP contribution in [0, 0.1) is 0 Å². The number of hydrogen-bond donors (Lipinski definition) is 2. The second-order valence-corrected chi connectivity index (χ2v) is 5.24. The number of benzene rings is 1. The summed E-state index contributed by atoms with van der Waals surface area (Å²) in [5.41, 5.74) is 1.24. The van der Waals surface area contributed by atoms with Gasteiger partial charge in [0.1, 0.15) is 5.75 Å². The van der Waals surface area contributed by atoms with E-state index in [4.69, 9.17) is 0 Å². The molecule has 3 heteroatoms. The number of hydrogen-bond acceptors (Lipinski definition) is 3. The average molecular weight is 264 g/mol. The number of phenols is 1. The topological polar surface area (TPSA) is 35.5 Å². The van der Waals surface area contributed by atoms with Gasteiger partial charge >= 0.3 is 0 Å². The largest absolute Gasteiger partial charge is 0.508 e. The minimum Gasteiger partial charge on any atom is -0.508 e. The molecule has 1 aromatic carbocycles. The second kappa shape index (κ2) is 8.18. The average Bonchev–Trinajstić information content (AvgIpc) is 2.43. The fourth-order valence-electron chi connectivity index (χ4n) is 2.15. The molecule has 19 heavy (non-hydrogen) atoms. The molecule has 108 valence electrons. The molecule has 0 heterocycles. The van der Waals surface area contributed by atoms with Gasteiger partial charge in [-0.25, -0.2) is 0 Å². The van der Waals surface area contributed by atoms with Gasteiger partial charge in [-0.05, 0) is 44.5 Å². The zero-order chi connectivity index (χ0) is 14.3. The Morgan fingerprint density at radius 2 is 1.79 bits per heavy atom. The van der Waals surface area contributed by atoms with Crippen LogP contribution in [0.25, 0.3) is 0 Å². The predicted octanol–water partition coefficient (Wildman–Crippen LogP) is 3.16. The Balaban J connectivity index is 2.43. The van der Waals surface area contributed by atoms with Crippen LogP contribution in [0.15, 0.2) is 24.3 Å². The van der Waals surface area contributed by atoms with Crippen molar-refractivity contribution < 1.29 is 5.11 Å². The van der Waals surface area contributed by atoms with Crippen LogP contribution in [0.4, 0.5) is 0 Å². The molecule has 1 aromatic rings. The van der Waals surface area contributed by atoms with Gasteiger partial charge in [0, 0.05) is 25.2 Å². The van der Waals surface area contributed by atoms with Crippen molar-refractivity contribution >= 4 is 0 Å². The number of rotatable bonds is 8. The van der Waals surface area contributed by atoms with Crippen molar-refractivity contribution in [2.45, 2.75) is 45.7 Å². The van der Waals surface area contributed by atoms with Crippen LogP contribution in [-0.4, -0.2) is 36.2 Å². The molecule has 0 aliphatic rings. The lowest BCUT2D eigenvalue weighted by molar-refractivity contribution is 0.248. The van der Waals surface area contributed by atoms with Crippen molar-refractivity contribution in [3.05, 3.63) is 29.8 Å². The van der Waals surface area contributed by atoms with Gasteiger partial charge in [-0.1, -0.05) is 26.0 Å². The highest BCUT2D eigenvalue weighted by Gasteiger charge is 2.10. The normalized spacial score (nSPS) is 14.6. The van der Waals surface area contributed by atoms with Crippen LogP contribution < -0.4 is 5.32 Å². The van der Waals surface area contributed by atoms with Crippen LogP contribution in [0.2, 0.25) is 0 Å². The van der Waals surface area contributed by atoms with Crippen molar-refractivity contribution in [3.63, 3.8) is 0 Å². The van der Waals surface area contributed by atoms with E-state index in [1.807, 2.05) is 12.1 Å². The molecule has 0 bridgehead atoms. The Labute approximate surface area is 117 Å². The highest BCUT2D eigenvalue weighted by molar-refractivity contribution is 5.27. The molecular weight excluding hydrogens is 236 g/mol. The summed E-state index contributed by atoms with van der Waals surface area (Å²) in [7, 11) is 2.18. The SMILES string of the molecule is CCC(NCCN(C)C(C)CC)c1ccc(O)cc1. The summed E-state index contributed by atoms with van der Waals surface area (Å²) in [6.07, 6.45) is 2.24. The van der Waals surface area contributed by atoms with E-state index in [1.54, 1.807) is 12.1 Å². The standard InChI is InChI=1S/C16H28N2O/c1-5-13(3)18(4)12-11-17-16(6-2)14-7-9-15(19)10-8-14/h7-10,13,16-17,19H,5-6,11-12H2,1-4H3. The lowest BCUT2D eigenvalue weighted by Crippen LogP contribution is -2.36. The second-order valence-electron chi connectivity index (χ2n) is 5.24. The van der Waals surface area contributed by atoms with E-state index in [-0.39, 0.29) is 0 Å². The van der Waals surface area contributed by atoms with Crippen molar-refractivity contribution in [1.29, 1.82) is 0 Å². The molecule has 0 fully saturated rings. The van der Waals surface area contributed by atoms with Gasteiger partial charge in [0.25, 0.3) is 0 Å². The van der Waals surface area contributed by atoms with Gasteiger partial charge < -0.3 is 15.3 Å². The molecule has 0 aliphatic carbocycles. The quantitative estimate of drug-likeness (QED) is 0.757. The molecular formula is C16H28N2O. The third-order valence-electron chi connectivity index (χ3n) is 3.90. The molecule has 2 atom stereocenters.